The molecular formula is C15H25NO2. The highest BCUT2D eigenvalue weighted by atomic mass is 16.5. The summed E-state index contributed by atoms with van der Waals surface area (Å²) in [5.74, 6) is 0.425. The van der Waals surface area contributed by atoms with E-state index in [1.54, 1.807) is 0 Å². The van der Waals surface area contributed by atoms with Gasteiger partial charge in [0, 0.05) is 13.1 Å². The van der Waals surface area contributed by atoms with Crippen molar-refractivity contribution < 1.29 is 9.53 Å². The summed E-state index contributed by atoms with van der Waals surface area (Å²) >= 11 is 0. The van der Waals surface area contributed by atoms with Crippen LogP contribution in [0.15, 0.2) is 11.6 Å². The lowest BCUT2D eigenvalue weighted by Crippen LogP contribution is -2.50. The molecule has 3 nitrogen and oxygen atoms in total. The molecule has 1 saturated heterocycles. The summed E-state index contributed by atoms with van der Waals surface area (Å²) in [6.45, 7) is 7.76. The Bertz CT molecular complexity index is 327. The summed E-state index contributed by atoms with van der Waals surface area (Å²) in [7, 11) is 0. The Morgan fingerprint density at radius 1 is 1.39 bits per heavy atom. The minimum Gasteiger partial charge on any atom is -0.372 e. The largest absolute Gasteiger partial charge is 0.372 e. The van der Waals surface area contributed by atoms with E-state index in [2.05, 4.69) is 13.0 Å². The first-order chi connectivity index (χ1) is 8.60. The van der Waals surface area contributed by atoms with Gasteiger partial charge in [0.05, 0.1) is 18.1 Å². The lowest BCUT2D eigenvalue weighted by molar-refractivity contribution is -0.146. The molecule has 3 atom stereocenters. The SMILES string of the molecule is CCC1=CC(C(=O)N2C[C@@H](C)O[C@@H](C)C2)CCC1. The van der Waals surface area contributed by atoms with E-state index in [9.17, 15) is 4.79 Å². The molecule has 1 amide bonds. The molecule has 0 aromatic carbocycles. The summed E-state index contributed by atoms with van der Waals surface area (Å²) in [4.78, 5) is 14.5. The molecule has 0 radical (unpaired) electrons. The van der Waals surface area contributed by atoms with Gasteiger partial charge >= 0.3 is 0 Å². The fourth-order valence-electron chi connectivity index (χ4n) is 3.08. The van der Waals surface area contributed by atoms with E-state index in [4.69, 9.17) is 4.74 Å². The van der Waals surface area contributed by atoms with Gasteiger partial charge in [-0.15, -0.1) is 0 Å². The van der Waals surface area contributed by atoms with E-state index in [0.717, 1.165) is 32.4 Å². The highest BCUT2D eigenvalue weighted by Gasteiger charge is 2.30. The number of carbonyl (C=O) groups excluding carboxylic acids is 1. The highest BCUT2D eigenvalue weighted by molar-refractivity contribution is 5.81. The van der Waals surface area contributed by atoms with Crippen molar-refractivity contribution in [3.63, 3.8) is 0 Å². The van der Waals surface area contributed by atoms with Gasteiger partial charge in [-0.2, -0.15) is 0 Å². The zero-order valence-electron chi connectivity index (χ0n) is 11.8. The van der Waals surface area contributed by atoms with Crippen molar-refractivity contribution >= 4 is 5.91 Å². The van der Waals surface area contributed by atoms with E-state index in [1.165, 1.54) is 12.0 Å². The summed E-state index contributed by atoms with van der Waals surface area (Å²) < 4.78 is 5.69. The van der Waals surface area contributed by atoms with Crippen LogP contribution in [0, 0.1) is 5.92 Å². The Balaban J connectivity index is 2.02. The monoisotopic (exact) mass is 251 g/mol. The van der Waals surface area contributed by atoms with Crippen molar-refractivity contribution in [3.05, 3.63) is 11.6 Å². The second-order valence-electron chi connectivity index (χ2n) is 5.68. The fraction of sp³-hybridized carbons (Fsp3) is 0.800. The van der Waals surface area contributed by atoms with Gasteiger partial charge in [0.2, 0.25) is 5.91 Å². The van der Waals surface area contributed by atoms with Crippen LogP contribution in [-0.2, 0) is 9.53 Å². The number of rotatable bonds is 2. The lowest BCUT2D eigenvalue weighted by atomic mass is 9.88. The van der Waals surface area contributed by atoms with E-state index in [0.29, 0.717) is 5.91 Å². The molecule has 0 N–H and O–H groups in total. The van der Waals surface area contributed by atoms with Crippen LogP contribution >= 0.6 is 0 Å². The maximum atomic E-state index is 12.5. The topological polar surface area (TPSA) is 29.5 Å². The van der Waals surface area contributed by atoms with Gasteiger partial charge in [-0.25, -0.2) is 0 Å². The first-order valence-corrected chi connectivity index (χ1v) is 7.24. The minimum absolute atomic E-state index is 0.117. The van der Waals surface area contributed by atoms with Crippen LogP contribution in [0.5, 0.6) is 0 Å². The van der Waals surface area contributed by atoms with Gasteiger partial charge in [0.1, 0.15) is 0 Å². The first kappa shape index (κ1) is 13.6. The van der Waals surface area contributed by atoms with Crippen molar-refractivity contribution in [2.45, 2.75) is 58.7 Å². The molecule has 3 heteroatoms. The molecule has 0 aromatic heterocycles. The van der Waals surface area contributed by atoms with E-state index >= 15 is 0 Å². The molecule has 0 aromatic rings. The third-order valence-corrected chi connectivity index (χ3v) is 3.95. The Labute approximate surface area is 110 Å². The second-order valence-corrected chi connectivity index (χ2v) is 5.68. The first-order valence-electron chi connectivity index (χ1n) is 7.24. The van der Waals surface area contributed by atoms with Crippen LogP contribution < -0.4 is 0 Å². The molecule has 1 aliphatic carbocycles. The van der Waals surface area contributed by atoms with Gasteiger partial charge < -0.3 is 9.64 Å². The number of nitrogens with zero attached hydrogens (tertiary/aromatic N) is 1. The lowest BCUT2D eigenvalue weighted by Gasteiger charge is -2.37. The number of hydrogen-bond donors (Lipinski definition) is 0. The molecule has 0 bridgehead atoms. The third kappa shape index (κ3) is 3.14. The standard InChI is InChI=1S/C15H25NO2/c1-4-13-6-5-7-14(8-13)15(17)16-9-11(2)18-12(3)10-16/h8,11-12,14H,4-7,9-10H2,1-3H3/t11-,12+,14?. The van der Waals surface area contributed by atoms with Crippen LogP contribution in [0.25, 0.3) is 0 Å². The molecule has 2 aliphatic rings. The van der Waals surface area contributed by atoms with Crippen LogP contribution in [0.4, 0.5) is 0 Å². The number of hydrogen-bond acceptors (Lipinski definition) is 2. The van der Waals surface area contributed by atoms with Crippen molar-refractivity contribution in [1.29, 1.82) is 0 Å². The van der Waals surface area contributed by atoms with Crippen molar-refractivity contribution in [2.75, 3.05) is 13.1 Å². The number of carbonyl (C=O) groups is 1. The summed E-state index contributed by atoms with van der Waals surface area (Å²) in [6.07, 6.45) is 6.98. The number of ether oxygens (including phenoxy) is 1. The van der Waals surface area contributed by atoms with Gasteiger partial charge in [0.15, 0.2) is 0 Å². The quantitative estimate of drug-likeness (QED) is 0.706. The number of morpholine rings is 1. The van der Waals surface area contributed by atoms with Crippen molar-refractivity contribution in [2.24, 2.45) is 5.92 Å². The van der Waals surface area contributed by atoms with Crippen LogP contribution in [0.1, 0.15) is 46.5 Å². The van der Waals surface area contributed by atoms with Gasteiger partial charge in [0.25, 0.3) is 0 Å². The zero-order valence-corrected chi connectivity index (χ0v) is 11.8. The molecule has 1 fully saturated rings. The van der Waals surface area contributed by atoms with Crippen LogP contribution in [-0.4, -0.2) is 36.1 Å². The van der Waals surface area contributed by atoms with Gasteiger partial charge in [-0.1, -0.05) is 18.6 Å². The van der Waals surface area contributed by atoms with Crippen LogP contribution in [0.2, 0.25) is 0 Å². The molecule has 1 heterocycles. The fourth-order valence-corrected chi connectivity index (χ4v) is 3.08. The molecule has 18 heavy (non-hydrogen) atoms. The summed E-state index contributed by atoms with van der Waals surface area (Å²) in [6, 6.07) is 0. The maximum Gasteiger partial charge on any atom is 0.229 e. The van der Waals surface area contributed by atoms with Crippen LogP contribution in [0.3, 0.4) is 0 Å². The average Bonchev–Trinajstić information content (AvgIpc) is 2.37. The second kappa shape index (κ2) is 5.87. The molecule has 0 spiro atoms. The van der Waals surface area contributed by atoms with E-state index in [1.807, 2.05) is 18.7 Å². The van der Waals surface area contributed by atoms with Gasteiger partial charge in [-0.3, -0.25) is 4.79 Å². The zero-order chi connectivity index (χ0) is 13.1. The molecule has 1 unspecified atom stereocenters. The van der Waals surface area contributed by atoms with Crippen molar-refractivity contribution in [1.82, 2.24) is 4.90 Å². The highest BCUT2D eigenvalue weighted by Crippen LogP contribution is 2.27. The number of amides is 1. The normalized spacial score (nSPS) is 33.2. The molecule has 2 rings (SSSR count). The minimum atomic E-state index is 0.117. The third-order valence-electron chi connectivity index (χ3n) is 3.95. The smallest absolute Gasteiger partial charge is 0.229 e. The predicted molar refractivity (Wildman–Crippen MR) is 72.3 cm³/mol. The Morgan fingerprint density at radius 2 is 2.06 bits per heavy atom. The summed E-state index contributed by atoms with van der Waals surface area (Å²) in [5.41, 5.74) is 1.45. The van der Waals surface area contributed by atoms with Gasteiger partial charge in [-0.05, 0) is 39.5 Å². The average molecular weight is 251 g/mol. The Hall–Kier alpha value is -0.830. The molecule has 0 saturated carbocycles. The summed E-state index contributed by atoms with van der Waals surface area (Å²) in [5, 5.41) is 0. The predicted octanol–water partition coefficient (Wildman–Crippen LogP) is 2.76. The molecular weight excluding hydrogens is 226 g/mol. The maximum absolute atomic E-state index is 12.5. The molecule has 102 valence electrons. The Morgan fingerprint density at radius 3 is 2.67 bits per heavy atom. The number of allylic oxidation sites excluding steroid dienone is 1. The van der Waals surface area contributed by atoms with E-state index in [-0.39, 0.29) is 18.1 Å². The molecule has 1 aliphatic heterocycles. The van der Waals surface area contributed by atoms with Crippen molar-refractivity contribution in [3.8, 4) is 0 Å². The van der Waals surface area contributed by atoms with E-state index < -0.39 is 0 Å². The Kier molecular flexibility index (Phi) is 4.44.